The number of hydrogen-bond acceptors (Lipinski definition) is 6. The predicted octanol–water partition coefficient (Wildman–Crippen LogP) is 1.28. The maximum atomic E-state index is 12.7. The van der Waals surface area contributed by atoms with E-state index in [2.05, 4.69) is 5.32 Å². The normalized spacial score (nSPS) is 10.5. The highest BCUT2D eigenvalue weighted by molar-refractivity contribution is 6.07. The first kappa shape index (κ1) is 18.6. The maximum absolute atomic E-state index is 12.7. The van der Waals surface area contributed by atoms with Gasteiger partial charge in [0.2, 0.25) is 0 Å². The van der Waals surface area contributed by atoms with Gasteiger partial charge in [-0.15, -0.1) is 0 Å². The summed E-state index contributed by atoms with van der Waals surface area (Å²) in [6.45, 7) is 0. The molecule has 3 aromatic rings. The number of non-ortho nitro benzene ring substituents is 1. The molecule has 0 unspecified atom stereocenters. The number of amides is 1. The SMILES string of the molecule is Cn1c(=O)c(C(=O)Nc2ccc([N+](=O)[O-])cc2)c(N)n(-c2ccccc2)c1=O. The number of benzene rings is 2. The average Bonchev–Trinajstić information content (AvgIpc) is 2.68. The third-order valence-electron chi connectivity index (χ3n) is 4.07. The molecule has 10 nitrogen and oxygen atoms in total. The summed E-state index contributed by atoms with van der Waals surface area (Å²) >= 11 is 0. The Morgan fingerprint density at radius 3 is 2.25 bits per heavy atom. The van der Waals surface area contributed by atoms with Crippen LogP contribution in [0.4, 0.5) is 17.2 Å². The zero-order chi connectivity index (χ0) is 20.4. The van der Waals surface area contributed by atoms with Crippen molar-refractivity contribution in [3.63, 3.8) is 0 Å². The molecule has 0 atom stereocenters. The number of hydrogen-bond donors (Lipinski definition) is 2. The van der Waals surface area contributed by atoms with E-state index in [1.165, 1.54) is 31.3 Å². The molecule has 3 N–H and O–H groups in total. The summed E-state index contributed by atoms with van der Waals surface area (Å²) in [6.07, 6.45) is 0. The van der Waals surface area contributed by atoms with Crippen LogP contribution in [0.25, 0.3) is 5.69 Å². The van der Waals surface area contributed by atoms with E-state index in [9.17, 15) is 24.5 Å². The fourth-order valence-corrected chi connectivity index (χ4v) is 2.63. The van der Waals surface area contributed by atoms with Crippen molar-refractivity contribution in [1.29, 1.82) is 0 Å². The zero-order valence-corrected chi connectivity index (χ0v) is 14.7. The van der Waals surface area contributed by atoms with Crippen LogP contribution >= 0.6 is 0 Å². The Hall–Kier alpha value is -4.21. The van der Waals surface area contributed by atoms with Crippen LogP contribution in [0.5, 0.6) is 0 Å². The lowest BCUT2D eigenvalue weighted by atomic mass is 10.2. The molecule has 1 amide bonds. The van der Waals surface area contributed by atoms with E-state index in [-0.39, 0.29) is 17.2 Å². The van der Waals surface area contributed by atoms with Crippen molar-refractivity contribution in [2.45, 2.75) is 0 Å². The van der Waals surface area contributed by atoms with E-state index >= 15 is 0 Å². The lowest BCUT2D eigenvalue weighted by molar-refractivity contribution is -0.384. The van der Waals surface area contributed by atoms with Gasteiger partial charge in [0.25, 0.3) is 17.2 Å². The van der Waals surface area contributed by atoms with Crippen LogP contribution in [0.3, 0.4) is 0 Å². The van der Waals surface area contributed by atoms with Crippen molar-refractivity contribution >= 4 is 23.1 Å². The molecule has 0 aliphatic rings. The van der Waals surface area contributed by atoms with Gasteiger partial charge in [0.15, 0.2) is 0 Å². The molecule has 0 radical (unpaired) electrons. The molecule has 1 aromatic heterocycles. The summed E-state index contributed by atoms with van der Waals surface area (Å²) in [7, 11) is 1.24. The number of carbonyl (C=O) groups excluding carboxylic acids is 1. The van der Waals surface area contributed by atoms with Crippen molar-refractivity contribution in [2.75, 3.05) is 11.1 Å². The number of nitro benzene ring substituents is 1. The summed E-state index contributed by atoms with van der Waals surface area (Å²) in [5.74, 6) is -1.14. The molecule has 0 aliphatic heterocycles. The minimum absolute atomic E-state index is 0.147. The third kappa shape index (κ3) is 3.26. The Morgan fingerprint density at radius 1 is 1.07 bits per heavy atom. The van der Waals surface area contributed by atoms with E-state index in [0.717, 1.165) is 9.13 Å². The maximum Gasteiger partial charge on any atom is 0.336 e. The average molecular weight is 381 g/mol. The summed E-state index contributed by atoms with van der Waals surface area (Å²) in [4.78, 5) is 47.8. The molecule has 1 heterocycles. The highest BCUT2D eigenvalue weighted by atomic mass is 16.6. The van der Waals surface area contributed by atoms with Gasteiger partial charge < -0.3 is 11.1 Å². The van der Waals surface area contributed by atoms with Crippen molar-refractivity contribution < 1.29 is 9.72 Å². The first-order valence-corrected chi connectivity index (χ1v) is 8.04. The van der Waals surface area contributed by atoms with E-state index < -0.39 is 27.6 Å². The Kier molecular flexibility index (Phi) is 4.77. The fourth-order valence-electron chi connectivity index (χ4n) is 2.63. The smallest absolute Gasteiger partial charge is 0.336 e. The van der Waals surface area contributed by atoms with Crippen molar-refractivity contribution in [1.82, 2.24) is 9.13 Å². The van der Waals surface area contributed by atoms with Gasteiger partial charge in [-0.2, -0.15) is 0 Å². The Labute approximate surface area is 157 Å². The minimum Gasteiger partial charge on any atom is -0.384 e. The van der Waals surface area contributed by atoms with Gasteiger partial charge in [0, 0.05) is 24.9 Å². The molecule has 2 aromatic carbocycles. The van der Waals surface area contributed by atoms with Gasteiger partial charge in [-0.1, -0.05) is 18.2 Å². The summed E-state index contributed by atoms with van der Waals surface area (Å²) in [6, 6.07) is 13.4. The number of carbonyl (C=O) groups is 1. The number of nitrogens with zero attached hydrogens (tertiary/aromatic N) is 3. The van der Waals surface area contributed by atoms with E-state index in [1.807, 2.05) is 0 Å². The second-order valence-electron chi connectivity index (χ2n) is 5.84. The molecule has 3 rings (SSSR count). The minimum atomic E-state index is -0.853. The Balaban J connectivity index is 2.07. The number of para-hydroxylation sites is 1. The van der Waals surface area contributed by atoms with Crippen molar-refractivity contribution in [3.8, 4) is 5.69 Å². The highest BCUT2D eigenvalue weighted by Crippen LogP contribution is 2.17. The van der Waals surface area contributed by atoms with E-state index in [4.69, 9.17) is 5.73 Å². The van der Waals surface area contributed by atoms with Crippen LogP contribution in [0.2, 0.25) is 0 Å². The van der Waals surface area contributed by atoms with Crippen LogP contribution in [-0.4, -0.2) is 20.0 Å². The Bertz CT molecular complexity index is 1180. The van der Waals surface area contributed by atoms with Gasteiger partial charge in [-0.25, -0.2) is 9.36 Å². The van der Waals surface area contributed by atoms with Crippen LogP contribution < -0.4 is 22.3 Å². The van der Waals surface area contributed by atoms with Gasteiger partial charge in [-0.05, 0) is 24.3 Å². The molecule has 10 heteroatoms. The predicted molar refractivity (Wildman–Crippen MR) is 103 cm³/mol. The molecule has 0 fully saturated rings. The monoisotopic (exact) mass is 381 g/mol. The second-order valence-corrected chi connectivity index (χ2v) is 5.84. The molecular formula is C18H15N5O5. The topological polar surface area (TPSA) is 142 Å². The standard InChI is InChI=1S/C18H15N5O5/c1-21-17(25)14(15(19)22(18(21)26)12-5-3-2-4-6-12)16(24)20-11-7-9-13(10-8-11)23(27)28/h2-10H,19H2,1H3,(H,20,24). The van der Waals surface area contributed by atoms with Gasteiger partial charge >= 0.3 is 5.69 Å². The number of anilines is 2. The molecule has 0 aliphatic carbocycles. The Morgan fingerprint density at radius 2 is 1.68 bits per heavy atom. The number of aromatic nitrogens is 2. The van der Waals surface area contributed by atoms with Crippen LogP contribution in [0, 0.1) is 10.1 Å². The number of rotatable bonds is 4. The van der Waals surface area contributed by atoms with Crippen LogP contribution in [0.1, 0.15) is 10.4 Å². The zero-order valence-electron chi connectivity index (χ0n) is 14.7. The molecule has 0 saturated carbocycles. The van der Waals surface area contributed by atoms with E-state index in [0.29, 0.717) is 5.69 Å². The molecule has 0 spiro atoms. The van der Waals surface area contributed by atoms with Crippen LogP contribution in [0.15, 0.2) is 64.2 Å². The third-order valence-corrected chi connectivity index (χ3v) is 4.07. The molecule has 142 valence electrons. The summed E-state index contributed by atoms with van der Waals surface area (Å²) in [5.41, 5.74) is 4.52. The van der Waals surface area contributed by atoms with Gasteiger partial charge in [-0.3, -0.25) is 24.3 Å². The quantitative estimate of drug-likeness (QED) is 0.515. The number of nitrogens with one attached hydrogen (secondary N) is 1. The molecule has 28 heavy (non-hydrogen) atoms. The summed E-state index contributed by atoms with van der Waals surface area (Å²) in [5, 5.41) is 13.2. The molecular weight excluding hydrogens is 366 g/mol. The highest BCUT2D eigenvalue weighted by Gasteiger charge is 2.22. The number of nitrogens with two attached hydrogens (primary N) is 1. The van der Waals surface area contributed by atoms with Crippen molar-refractivity contribution in [2.24, 2.45) is 7.05 Å². The van der Waals surface area contributed by atoms with E-state index in [1.54, 1.807) is 30.3 Å². The fraction of sp³-hybridized carbons (Fsp3) is 0.0556. The number of nitrogen functional groups attached to an aromatic ring is 1. The lowest BCUT2D eigenvalue weighted by Gasteiger charge is -2.15. The van der Waals surface area contributed by atoms with Gasteiger partial charge in [0.1, 0.15) is 11.4 Å². The largest absolute Gasteiger partial charge is 0.384 e. The lowest BCUT2D eigenvalue weighted by Crippen LogP contribution is -2.43. The first-order valence-electron chi connectivity index (χ1n) is 8.04. The molecule has 0 bridgehead atoms. The van der Waals surface area contributed by atoms with Crippen LogP contribution in [-0.2, 0) is 7.05 Å². The second kappa shape index (κ2) is 7.19. The van der Waals surface area contributed by atoms with Gasteiger partial charge in [0.05, 0.1) is 10.6 Å². The van der Waals surface area contributed by atoms with Crippen molar-refractivity contribution in [3.05, 3.63) is 91.1 Å². The first-order chi connectivity index (χ1) is 13.3. The summed E-state index contributed by atoms with van der Waals surface area (Å²) < 4.78 is 1.85. The number of nitro groups is 1. The molecule has 0 saturated heterocycles.